The van der Waals surface area contributed by atoms with Gasteiger partial charge in [-0.2, -0.15) is 0 Å². The zero-order chi connectivity index (χ0) is 16.1. The standard InChI is InChI=1S/C19H27FN2O/c20-17-5-3-4-15(12-17)10-11-22(18-6-1-2-7-18)19(23)14-21-13-16-8-9-16/h3-5,12,16,18,21H,1-2,6-11,13-14H2. The van der Waals surface area contributed by atoms with Gasteiger partial charge in [-0.1, -0.05) is 25.0 Å². The van der Waals surface area contributed by atoms with Crippen molar-refractivity contribution in [1.29, 1.82) is 0 Å². The molecular formula is C19H27FN2O. The molecule has 3 rings (SSSR count). The van der Waals surface area contributed by atoms with Crippen LogP contribution < -0.4 is 5.32 Å². The van der Waals surface area contributed by atoms with Crippen LogP contribution in [0.5, 0.6) is 0 Å². The molecule has 0 radical (unpaired) electrons. The number of carbonyl (C=O) groups is 1. The van der Waals surface area contributed by atoms with Crippen LogP contribution >= 0.6 is 0 Å². The van der Waals surface area contributed by atoms with E-state index in [1.807, 2.05) is 11.0 Å². The van der Waals surface area contributed by atoms with Crippen molar-refractivity contribution in [1.82, 2.24) is 10.2 Å². The zero-order valence-corrected chi connectivity index (χ0v) is 13.8. The van der Waals surface area contributed by atoms with Crippen LogP contribution in [-0.4, -0.2) is 36.5 Å². The molecule has 2 fully saturated rings. The molecular weight excluding hydrogens is 291 g/mol. The molecule has 1 aromatic carbocycles. The van der Waals surface area contributed by atoms with Gasteiger partial charge in [0.2, 0.25) is 5.91 Å². The van der Waals surface area contributed by atoms with Crippen LogP contribution in [0.2, 0.25) is 0 Å². The Bertz CT molecular complexity index is 524. The van der Waals surface area contributed by atoms with Gasteiger partial charge < -0.3 is 10.2 Å². The third-order valence-corrected chi connectivity index (χ3v) is 5.02. The van der Waals surface area contributed by atoms with Crippen LogP contribution in [0.4, 0.5) is 4.39 Å². The number of rotatable bonds is 8. The fraction of sp³-hybridized carbons (Fsp3) is 0.632. The van der Waals surface area contributed by atoms with Gasteiger partial charge in [0.15, 0.2) is 0 Å². The summed E-state index contributed by atoms with van der Waals surface area (Å²) < 4.78 is 13.3. The molecule has 126 valence electrons. The topological polar surface area (TPSA) is 32.3 Å². The van der Waals surface area contributed by atoms with Crippen LogP contribution in [0.25, 0.3) is 0 Å². The molecule has 2 aliphatic carbocycles. The number of carbonyl (C=O) groups excluding carboxylic acids is 1. The first-order valence-corrected chi connectivity index (χ1v) is 8.97. The van der Waals surface area contributed by atoms with E-state index >= 15 is 0 Å². The minimum Gasteiger partial charge on any atom is -0.338 e. The van der Waals surface area contributed by atoms with Gasteiger partial charge in [-0.05, 0) is 62.3 Å². The van der Waals surface area contributed by atoms with Crippen LogP contribution in [-0.2, 0) is 11.2 Å². The Balaban J connectivity index is 1.54. The van der Waals surface area contributed by atoms with Gasteiger partial charge in [-0.15, -0.1) is 0 Å². The first kappa shape index (κ1) is 16.4. The van der Waals surface area contributed by atoms with Crippen molar-refractivity contribution in [2.24, 2.45) is 5.92 Å². The fourth-order valence-electron chi connectivity index (χ4n) is 3.48. The van der Waals surface area contributed by atoms with Gasteiger partial charge in [-0.25, -0.2) is 4.39 Å². The van der Waals surface area contributed by atoms with E-state index in [9.17, 15) is 9.18 Å². The normalized spacial score (nSPS) is 18.3. The van der Waals surface area contributed by atoms with E-state index in [0.717, 1.165) is 37.3 Å². The summed E-state index contributed by atoms with van der Waals surface area (Å²) in [6, 6.07) is 7.09. The molecule has 0 atom stereocenters. The molecule has 0 aliphatic heterocycles. The summed E-state index contributed by atoms with van der Waals surface area (Å²) in [5.41, 5.74) is 0.965. The van der Waals surface area contributed by atoms with Gasteiger partial charge in [0.1, 0.15) is 5.82 Å². The molecule has 1 amide bonds. The maximum atomic E-state index is 13.3. The number of hydrogen-bond acceptors (Lipinski definition) is 2. The smallest absolute Gasteiger partial charge is 0.236 e. The second kappa shape index (κ2) is 7.91. The predicted molar refractivity (Wildman–Crippen MR) is 89.7 cm³/mol. The van der Waals surface area contributed by atoms with Crippen molar-refractivity contribution in [2.45, 2.75) is 51.0 Å². The Morgan fingerprint density at radius 2 is 2.00 bits per heavy atom. The largest absolute Gasteiger partial charge is 0.338 e. The summed E-state index contributed by atoms with van der Waals surface area (Å²) in [5.74, 6) is 0.788. The van der Waals surface area contributed by atoms with Gasteiger partial charge >= 0.3 is 0 Å². The molecule has 2 aliphatic rings. The molecule has 0 aromatic heterocycles. The van der Waals surface area contributed by atoms with E-state index in [1.165, 1.54) is 31.7 Å². The number of halogens is 1. The highest BCUT2D eigenvalue weighted by Gasteiger charge is 2.27. The maximum absolute atomic E-state index is 13.3. The lowest BCUT2D eigenvalue weighted by atomic mass is 10.1. The van der Waals surface area contributed by atoms with E-state index in [1.54, 1.807) is 12.1 Å². The number of benzene rings is 1. The second-order valence-electron chi connectivity index (χ2n) is 6.98. The van der Waals surface area contributed by atoms with Crippen molar-refractivity contribution in [3.05, 3.63) is 35.6 Å². The fourth-order valence-corrected chi connectivity index (χ4v) is 3.48. The number of hydrogen-bond donors (Lipinski definition) is 1. The molecule has 0 bridgehead atoms. The Morgan fingerprint density at radius 1 is 1.22 bits per heavy atom. The molecule has 4 heteroatoms. The SMILES string of the molecule is O=C(CNCC1CC1)N(CCc1cccc(F)c1)C1CCCC1. The number of amides is 1. The molecule has 1 N–H and O–H groups in total. The van der Waals surface area contributed by atoms with Gasteiger partial charge in [0.25, 0.3) is 0 Å². The van der Waals surface area contributed by atoms with Crippen LogP contribution in [0.1, 0.15) is 44.1 Å². The van der Waals surface area contributed by atoms with Crippen LogP contribution in [0.3, 0.4) is 0 Å². The third-order valence-electron chi connectivity index (χ3n) is 5.02. The molecule has 3 nitrogen and oxygen atoms in total. The monoisotopic (exact) mass is 318 g/mol. The Hall–Kier alpha value is -1.42. The van der Waals surface area contributed by atoms with Gasteiger partial charge in [-0.3, -0.25) is 4.79 Å². The van der Waals surface area contributed by atoms with E-state index < -0.39 is 0 Å². The van der Waals surface area contributed by atoms with Crippen molar-refractivity contribution < 1.29 is 9.18 Å². The molecule has 1 aromatic rings. The lowest BCUT2D eigenvalue weighted by molar-refractivity contribution is -0.132. The predicted octanol–water partition coefficient (Wildman–Crippen LogP) is 3.14. The highest BCUT2D eigenvalue weighted by atomic mass is 19.1. The Labute approximate surface area is 138 Å². The third kappa shape index (κ3) is 5.03. The number of nitrogens with one attached hydrogen (secondary N) is 1. The van der Waals surface area contributed by atoms with E-state index in [-0.39, 0.29) is 11.7 Å². The molecule has 0 heterocycles. The summed E-state index contributed by atoms with van der Waals surface area (Å²) in [7, 11) is 0. The summed E-state index contributed by atoms with van der Waals surface area (Å²) in [5, 5.41) is 3.31. The lowest BCUT2D eigenvalue weighted by Gasteiger charge is -2.29. The van der Waals surface area contributed by atoms with Crippen LogP contribution in [0.15, 0.2) is 24.3 Å². The summed E-state index contributed by atoms with van der Waals surface area (Å²) in [4.78, 5) is 14.6. The van der Waals surface area contributed by atoms with E-state index in [2.05, 4.69) is 5.32 Å². The average molecular weight is 318 g/mol. The van der Waals surface area contributed by atoms with Gasteiger partial charge in [0, 0.05) is 12.6 Å². The molecule has 0 spiro atoms. The Kier molecular flexibility index (Phi) is 5.65. The highest BCUT2D eigenvalue weighted by molar-refractivity contribution is 5.78. The Morgan fingerprint density at radius 3 is 2.70 bits per heavy atom. The zero-order valence-electron chi connectivity index (χ0n) is 13.8. The lowest BCUT2D eigenvalue weighted by Crippen LogP contribution is -2.45. The van der Waals surface area contributed by atoms with Crippen molar-refractivity contribution >= 4 is 5.91 Å². The quantitative estimate of drug-likeness (QED) is 0.798. The molecule has 0 saturated heterocycles. The molecule has 23 heavy (non-hydrogen) atoms. The average Bonchev–Trinajstić information content (AvgIpc) is 3.20. The van der Waals surface area contributed by atoms with E-state index in [4.69, 9.17) is 0 Å². The summed E-state index contributed by atoms with van der Waals surface area (Å²) in [6.07, 6.45) is 7.96. The van der Waals surface area contributed by atoms with Gasteiger partial charge in [0.05, 0.1) is 6.54 Å². The van der Waals surface area contributed by atoms with Crippen LogP contribution in [0, 0.1) is 11.7 Å². The van der Waals surface area contributed by atoms with Crippen molar-refractivity contribution in [3.8, 4) is 0 Å². The minimum absolute atomic E-state index is 0.202. The van der Waals surface area contributed by atoms with E-state index in [0.29, 0.717) is 19.1 Å². The second-order valence-corrected chi connectivity index (χ2v) is 6.98. The van der Waals surface area contributed by atoms with Crippen molar-refractivity contribution in [2.75, 3.05) is 19.6 Å². The minimum atomic E-state index is -0.202. The highest BCUT2D eigenvalue weighted by Crippen LogP contribution is 2.27. The first-order chi connectivity index (χ1) is 11.2. The molecule has 0 unspecified atom stereocenters. The summed E-state index contributed by atoms with van der Waals surface area (Å²) >= 11 is 0. The van der Waals surface area contributed by atoms with Crippen molar-refractivity contribution in [3.63, 3.8) is 0 Å². The first-order valence-electron chi connectivity index (χ1n) is 8.97. The molecule has 2 saturated carbocycles. The summed E-state index contributed by atoms with van der Waals surface area (Å²) in [6.45, 7) is 2.10. The number of nitrogens with zero attached hydrogens (tertiary/aromatic N) is 1. The maximum Gasteiger partial charge on any atom is 0.236 e.